The van der Waals surface area contributed by atoms with Crippen LogP contribution in [0.3, 0.4) is 0 Å². The van der Waals surface area contributed by atoms with Gasteiger partial charge in [0.2, 0.25) is 5.95 Å². The standard InChI is InChI=1S/C27H26ClN5O5/c1-18-15-24(12-13-29-18)38-23-10-8-21(9-11-23)30-25-31-26(36)33(17-22(35)3-2-14-34)27(37)32(25)16-19-4-6-20(28)7-5-19/h4-13,15,34H,2-3,14,16-17H2,1H3,(H,30,31,36). The van der Waals surface area contributed by atoms with Gasteiger partial charge < -0.3 is 15.2 Å². The van der Waals surface area contributed by atoms with Gasteiger partial charge in [-0.25, -0.2) is 14.2 Å². The van der Waals surface area contributed by atoms with E-state index in [1.165, 1.54) is 4.57 Å². The van der Waals surface area contributed by atoms with Gasteiger partial charge >= 0.3 is 11.4 Å². The number of aliphatic hydroxyl groups excluding tert-OH is 1. The lowest BCUT2D eigenvalue weighted by Crippen LogP contribution is -2.44. The highest BCUT2D eigenvalue weighted by atomic mass is 35.5. The lowest BCUT2D eigenvalue weighted by atomic mass is 10.2. The summed E-state index contributed by atoms with van der Waals surface area (Å²) in [6.45, 7) is 1.37. The van der Waals surface area contributed by atoms with Crippen LogP contribution >= 0.6 is 11.6 Å². The Balaban J connectivity index is 1.63. The molecule has 4 aromatic rings. The molecule has 11 heteroatoms. The first-order valence-electron chi connectivity index (χ1n) is 11.9. The third-order valence-corrected chi connectivity index (χ3v) is 5.82. The van der Waals surface area contributed by atoms with Crippen LogP contribution in [0.4, 0.5) is 11.6 Å². The van der Waals surface area contributed by atoms with Crippen molar-refractivity contribution >= 4 is 29.0 Å². The van der Waals surface area contributed by atoms with Crippen LogP contribution in [0.1, 0.15) is 24.1 Å². The van der Waals surface area contributed by atoms with E-state index in [1.54, 1.807) is 60.8 Å². The van der Waals surface area contributed by atoms with Gasteiger partial charge in [-0.1, -0.05) is 23.7 Å². The Kier molecular flexibility index (Phi) is 8.67. The average molecular weight is 536 g/mol. The minimum absolute atomic E-state index is 0.0208. The van der Waals surface area contributed by atoms with Crippen molar-refractivity contribution in [3.63, 3.8) is 0 Å². The number of aryl methyl sites for hydroxylation is 1. The Morgan fingerprint density at radius 2 is 1.76 bits per heavy atom. The van der Waals surface area contributed by atoms with Crippen LogP contribution in [0.15, 0.2) is 76.4 Å². The molecular formula is C27H26ClN5O5. The summed E-state index contributed by atoms with van der Waals surface area (Å²) < 4.78 is 7.93. The molecule has 0 radical (unpaired) electrons. The fraction of sp³-hybridized carbons (Fsp3) is 0.222. The van der Waals surface area contributed by atoms with E-state index < -0.39 is 17.9 Å². The van der Waals surface area contributed by atoms with Crippen molar-refractivity contribution in [2.75, 3.05) is 11.9 Å². The van der Waals surface area contributed by atoms with E-state index in [4.69, 9.17) is 21.4 Å². The average Bonchev–Trinajstić information content (AvgIpc) is 2.90. The number of hydrogen-bond acceptors (Lipinski definition) is 8. The van der Waals surface area contributed by atoms with Crippen molar-refractivity contribution < 1.29 is 14.6 Å². The van der Waals surface area contributed by atoms with Crippen molar-refractivity contribution in [2.24, 2.45) is 0 Å². The second kappa shape index (κ2) is 12.3. The molecule has 10 nitrogen and oxygen atoms in total. The number of nitrogens with one attached hydrogen (secondary N) is 1. The highest BCUT2D eigenvalue weighted by molar-refractivity contribution is 6.30. The second-order valence-corrected chi connectivity index (χ2v) is 8.99. The van der Waals surface area contributed by atoms with Crippen molar-refractivity contribution in [3.8, 4) is 11.5 Å². The van der Waals surface area contributed by atoms with Crippen LogP contribution in [0.25, 0.3) is 0 Å². The zero-order chi connectivity index (χ0) is 27.1. The molecule has 0 aliphatic heterocycles. The molecule has 4 rings (SSSR count). The smallest absolute Gasteiger partial charge is 0.355 e. The highest BCUT2D eigenvalue weighted by Gasteiger charge is 2.16. The van der Waals surface area contributed by atoms with Crippen LogP contribution in [-0.4, -0.2) is 36.6 Å². The summed E-state index contributed by atoms with van der Waals surface area (Å²) in [4.78, 5) is 46.6. The summed E-state index contributed by atoms with van der Waals surface area (Å²) >= 11 is 5.99. The van der Waals surface area contributed by atoms with E-state index in [2.05, 4.69) is 15.3 Å². The number of anilines is 2. The first kappa shape index (κ1) is 26.8. The SMILES string of the molecule is Cc1cc(Oc2ccc(Nc3nc(=O)n(CC(=O)CCCO)c(=O)n3Cc3ccc(Cl)cc3)cc2)ccn1. The third-order valence-electron chi connectivity index (χ3n) is 5.57. The second-order valence-electron chi connectivity index (χ2n) is 8.55. The number of ketones is 1. The number of carbonyl (C=O) groups excluding carboxylic acids is 1. The molecule has 0 atom stereocenters. The Morgan fingerprint density at radius 1 is 1.03 bits per heavy atom. The molecule has 0 amide bonds. The van der Waals surface area contributed by atoms with Crippen LogP contribution in [0, 0.1) is 6.92 Å². The molecule has 0 saturated carbocycles. The molecule has 2 N–H and O–H groups in total. The van der Waals surface area contributed by atoms with Gasteiger partial charge in [0.15, 0.2) is 5.78 Å². The quantitative estimate of drug-likeness (QED) is 0.297. The monoisotopic (exact) mass is 535 g/mol. The Labute approximate surface area is 223 Å². The summed E-state index contributed by atoms with van der Waals surface area (Å²) in [5, 5.41) is 12.5. The number of halogens is 1. The molecule has 0 unspecified atom stereocenters. The van der Waals surface area contributed by atoms with Gasteiger partial charge in [-0.2, -0.15) is 4.98 Å². The Bertz CT molecular complexity index is 1530. The number of ether oxygens (including phenoxy) is 1. The third kappa shape index (κ3) is 6.93. The molecule has 2 heterocycles. The number of aliphatic hydroxyl groups is 1. The van der Waals surface area contributed by atoms with Gasteiger partial charge in [-0.15, -0.1) is 0 Å². The largest absolute Gasteiger partial charge is 0.457 e. The predicted octanol–water partition coefficient (Wildman–Crippen LogP) is 3.69. The van der Waals surface area contributed by atoms with Crippen molar-refractivity contribution in [1.82, 2.24) is 19.1 Å². The Hall–Kier alpha value is -4.28. The number of Topliss-reactive ketones (excluding diaryl/α,β-unsaturated/α-hetero) is 1. The molecule has 0 aliphatic rings. The van der Waals surface area contributed by atoms with Crippen LogP contribution in [0.5, 0.6) is 11.5 Å². The Morgan fingerprint density at radius 3 is 2.45 bits per heavy atom. The molecule has 196 valence electrons. The van der Waals surface area contributed by atoms with Gasteiger partial charge in [0.25, 0.3) is 0 Å². The summed E-state index contributed by atoms with van der Waals surface area (Å²) in [6.07, 6.45) is 1.96. The molecule has 2 aromatic carbocycles. The maximum atomic E-state index is 13.4. The highest BCUT2D eigenvalue weighted by Crippen LogP contribution is 2.24. The van der Waals surface area contributed by atoms with Gasteiger partial charge in [0.1, 0.15) is 11.5 Å². The molecule has 0 fully saturated rings. The minimum atomic E-state index is -0.852. The first-order chi connectivity index (χ1) is 18.3. The van der Waals surface area contributed by atoms with E-state index in [1.807, 2.05) is 13.0 Å². The normalized spacial score (nSPS) is 10.8. The van der Waals surface area contributed by atoms with E-state index in [0.717, 1.165) is 15.8 Å². The maximum absolute atomic E-state index is 13.4. The summed E-state index contributed by atoms with van der Waals surface area (Å²) in [7, 11) is 0. The number of hydrogen-bond donors (Lipinski definition) is 2. The molecule has 0 spiro atoms. The fourth-order valence-electron chi connectivity index (χ4n) is 3.66. The van der Waals surface area contributed by atoms with Crippen molar-refractivity contribution in [1.29, 1.82) is 0 Å². The number of carbonyl (C=O) groups is 1. The molecule has 38 heavy (non-hydrogen) atoms. The topological polar surface area (TPSA) is 128 Å². The van der Waals surface area contributed by atoms with E-state index in [0.29, 0.717) is 22.2 Å². The molecule has 2 aromatic heterocycles. The molecule has 0 saturated heterocycles. The minimum Gasteiger partial charge on any atom is -0.457 e. The number of aromatic nitrogens is 4. The van der Waals surface area contributed by atoms with Crippen LogP contribution < -0.4 is 21.4 Å². The van der Waals surface area contributed by atoms with Gasteiger partial charge in [0.05, 0.1) is 13.1 Å². The van der Waals surface area contributed by atoms with Gasteiger partial charge in [0, 0.05) is 41.7 Å². The zero-order valence-electron chi connectivity index (χ0n) is 20.6. The molecular weight excluding hydrogens is 510 g/mol. The van der Waals surface area contributed by atoms with Crippen LogP contribution in [0.2, 0.25) is 5.02 Å². The maximum Gasteiger partial charge on any atom is 0.355 e. The van der Waals surface area contributed by atoms with Crippen molar-refractivity contribution in [2.45, 2.75) is 32.9 Å². The number of benzene rings is 2. The van der Waals surface area contributed by atoms with E-state index in [-0.39, 0.29) is 37.7 Å². The molecule has 0 bridgehead atoms. The van der Waals surface area contributed by atoms with E-state index >= 15 is 0 Å². The summed E-state index contributed by atoms with van der Waals surface area (Å²) in [5.41, 5.74) is 0.601. The predicted molar refractivity (Wildman–Crippen MR) is 143 cm³/mol. The van der Waals surface area contributed by atoms with E-state index in [9.17, 15) is 14.4 Å². The summed E-state index contributed by atoms with van der Waals surface area (Å²) in [6, 6.07) is 17.4. The number of nitrogens with zero attached hydrogens (tertiary/aromatic N) is 4. The fourth-order valence-corrected chi connectivity index (χ4v) is 3.79. The van der Waals surface area contributed by atoms with Crippen molar-refractivity contribution in [3.05, 3.63) is 104 Å². The van der Waals surface area contributed by atoms with Gasteiger partial charge in [-0.05, 0) is 61.4 Å². The zero-order valence-corrected chi connectivity index (χ0v) is 21.4. The first-order valence-corrected chi connectivity index (χ1v) is 12.3. The van der Waals surface area contributed by atoms with Gasteiger partial charge in [-0.3, -0.25) is 14.3 Å². The van der Waals surface area contributed by atoms with Crippen LogP contribution in [-0.2, 0) is 17.9 Å². The molecule has 0 aliphatic carbocycles. The lowest BCUT2D eigenvalue weighted by Gasteiger charge is -2.16. The number of pyridine rings is 1. The number of rotatable bonds is 11. The lowest BCUT2D eigenvalue weighted by molar-refractivity contribution is -0.120. The summed E-state index contributed by atoms with van der Waals surface area (Å²) in [5.74, 6) is 0.907.